The van der Waals surface area contributed by atoms with Crippen molar-refractivity contribution >= 4 is 22.5 Å². The first-order chi connectivity index (χ1) is 9.10. The van der Waals surface area contributed by atoms with E-state index in [2.05, 4.69) is 20.6 Å². The van der Waals surface area contributed by atoms with Crippen molar-refractivity contribution in [2.75, 3.05) is 12.4 Å². The number of rotatable bonds is 3. The Labute approximate surface area is 112 Å². The molecule has 0 fully saturated rings. The van der Waals surface area contributed by atoms with Gasteiger partial charge in [-0.15, -0.1) is 11.3 Å². The predicted octanol–water partition coefficient (Wildman–Crippen LogP) is 1.90. The van der Waals surface area contributed by atoms with E-state index in [1.54, 1.807) is 11.4 Å². The second-order valence-electron chi connectivity index (χ2n) is 3.50. The van der Waals surface area contributed by atoms with Crippen LogP contribution in [-0.4, -0.2) is 28.3 Å². The van der Waals surface area contributed by atoms with Crippen LogP contribution in [0.5, 0.6) is 11.5 Å². The number of aromatic hydroxyl groups is 2. The number of hydrogen-bond donors (Lipinski definition) is 4. The van der Waals surface area contributed by atoms with E-state index in [9.17, 15) is 15.0 Å². The molecule has 0 bridgehead atoms. The average Bonchev–Trinajstić information content (AvgIpc) is 2.77. The minimum atomic E-state index is -0.543. The van der Waals surface area contributed by atoms with Crippen LogP contribution in [0.25, 0.3) is 11.3 Å². The molecule has 0 aliphatic rings. The number of benzene rings is 1. The second kappa shape index (κ2) is 5.55. The van der Waals surface area contributed by atoms with Crippen LogP contribution in [0.2, 0.25) is 0 Å². The molecule has 0 aliphatic heterocycles. The van der Waals surface area contributed by atoms with Gasteiger partial charge in [0.1, 0.15) is 11.5 Å². The molecular formula is C11H11N3O4S. The third-order valence-corrected chi connectivity index (χ3v) is 2.93. The molecule has 4 N–H and O–H groups in total. The lowest BCUT2D eigenvalue weighted by molar-refractivity contribution is 0.114. The highest BCUT2D eigenvalue weighted by Gasteiger charge is 2.11. The fraction of sp³-hybridized carbons (Fsp3) is 0.0909. The second-order valence-corrected chi connectivity index (χ2v) is 4.36. The summed E-state index contributed by atoms with van der Waals surface area (Å²) in [5, 5.41) is 23.4. The van der Waals surface area contributed by atoms with E-state index < -0.39 is 6.03 Å². The van der Waals surface area contributed by atoms with Gasteiger partial charge in [0.15, 0.2) is 5.13 Å². The quantitative estimate of drug-likeness (QED) is 0.643. The topological polar surface area (TPSA) is 104 Å². The van der Waals surface area contributed by atoms with Gasteiger partial charge < -0.3 is 10.2 Å². The van der Waals surface area contributed by atoms with Gasteiger partial charge in [-0.1, -0.05) is 0 Å². The molecule has 0 saturated heterocycles. The van der Waals surface area contributed by atoms with Gasteiger partial charge in [0.25, 0.3) is 0 Å². The molecule has 0 saturated carbocycles. The van der Waals surface area contributed by atoms with Gasteiger partial charge >= 0.3 is 6.03 Å². The smallest absolute Gasteiger partial charge is 0.344 e. The molecule has 0 radical (unpaired) electrons. The summed E-state index contributed by atoms with van der Waals surface area (Å²) in [6.45, 7) is 0. The molecule has 100 valence electrons. The van der Waals surface area contributed by atoms with Crippen molar-refractivity contribution in [2.24, 2.45) is 0 Å². The number of urea groups is 1. The molecule has 7 nitrogen and oxygen atoms in total. The van der Waals surface area contributed by atoms with Crippen molar-refractivity contribution in [2.45, 2.75) is 0 Å². The number of nitrogens with one attached hydrogen (secondary N) is 2. The van der Waals surface area contributed by atoms with Crippen LogP contribution in [0.15, 0.2) is 23.6 Å². The number of anilines is 1. The number of hydroxylamine groups is 1. The van der Waals surface area contributed by atoms with E-state index in [1.807, 2.05) is 0 Å². The number of aromatic nitrogens is 1. The molecule has 0 unspecified atom stereocenters. The maximum Gasteiger partial charge on any atom is 0.344 e. The standard InChI is InChI=1S/C11H11N3O4S/c1-18-14-10(17)13-11-12-8(5-19-11)7-3-2-6(15)4-9(7)16/h2-5,15-16H,1H3,(H2,12,13,14,17). The summed E-state index contributed by atoms with van der Waals surface area (Å²) in [5.74, 6) is -0.118. The van der Waals surface area contributed by atoms with Gasteiger partial charge in [-0.2, -0.15) is 0 Å². The maximum atomic E-state index is 11.2. The average molecular weight is 281 g/mol. The highest BCUT2D eigenvalue weighted by molar-refractivity contribution is 7.14. The third-order valence-electron chi connectivity index (χ3n) is 2.18. The van der Waals surface area contributed by atoms with E-state index in [-0.39, 0.29) is 11.5 Å². The molecule has 1 aromatic carbocycles. The maximum absolute atomic E-state index is 11.2. The summed E-state index contributed by atoms with van der Waals surface area (Å²) in [4.78, 5) is 19.8. The molecule has 1 aromatic heterocycles. The first kappa shape index (κ1) is 13.1. The van der Waals surface area contributed by atoms with Crippen LogP contribution in [0, 0.1) is 0 Å². The molecule has 0 aliphatic carbocycles. The highest BCUT2D eigenvalue weighted by Crippen LogP contribution is 2.33. The molecule has 2 aromatic rings. The van der Waals surface area contributed by atoms with Crippen molar-refractivity contribution in [3.63, 3.8) is 0 Å². The van der Waals surface area contributed by atoms with Crippen LogP contribution >= 0.6 is 11.3 Å². The summed E-state index contributed by atoms with van der Waals surface area (Å²) >= 11 is 1.20. The van der Waals surface area contributed by atoms with Crippen LogP contribution in [-0.2, 0) is 4.84 Å². The number of hydrogen-bond acceptors (Lipinski definition) is 6. The number of phenols is 2. The number of phenolic OH excluding ortho intramolecular Hbond substituents is 2. The third kappa shape index (κ3) is 3.12. The van der Waals surface area contributed by atoms with E-state index >= 15 is 0 Å². The van der Waals surface area contributed by atoms with Gasteiger partial charge in [0, 0.05) is 17.0 Å². The lowest BCUT2D eigenvalue weighted by Gasteiger charge is -2.02. The zero-order chi connectivity index (χ0) is 13.8. The normalized spacial score (nSPS) is 10.2. The van der Waals surface area contributed by atoms with Gasteiger partial charge in [-0.25, -0.2) is 15.3 Å². The highest BCUT2D eigenvalue weighted by atomic mass is 32.1. The Balaban J connectivity index is 2.18. The Morgan fingerprint density at radius 3 is 2.89 bits per heavy atom. The summed E-state index contributed by atoms with van der Waals surface area (Å²) in [7, 11) is 1.32. The van der Waals surface area contributed by atoms with Crippen LogP contribution in [0.4, 0.5) is 9.93 Å². The van der Waals surface area contributed by atoms with Gasteiger partial charge in [-0.3, -0.25) is 10.2 Å². The number of nitrogens with zero attached hydrogens (tertiary/aromatic N) is 1. The monoisotopic (exact) mass is 281 g/mol. The van der Waals surface area contributed by atoms with Crippen molar-refractivity contribution in [1.29, 1.82) is 0 Å². The van der Waals surface area contributed by atoms with E-state index in [4.69, 9.17) is 0 Å². The number of carbonyl (C=O) groups excluding carboxylic acids is 1. The first-order valence-corrected chi connectivity index (χ1v) is 6.06. The molecular weight excluding hydrogens is 270 g/mol. The Hall–Kier alpha value is -2.32. The van der Waals surface area contributed by atoms with Crippen molar-refractivity contribution in [3.8, 4) is 22.8 Å². The minimum absolute atomic E-state index is 0.0331. The van der Waals surface area contributed by atoms with Gasteiger partial charge in [-0.05, 0) is 12.1 Å². The summed E-state index contributed by atoms with van der Waals surface area (Å²) in [6, 6.07) is 3.66. The van der Waals surface area contributed by atoms with E-state index in [0.717, 1.165) is 0 Å². The molecule has 2 amide bonds. The molecule has 8 heteroatoms. The fourth-order valence-corrected chi connectivity index (χ4v) is 2.11. The molecule has 19 heavy (non-hydrogen) atoms. The Morgan fingerprint density at radius 2 is 2.21 bits per heavy atom. The van der Waals surface area contributed by atoms with E-state index in [0.29, 0.717) is 16.4 Å². The number of carbonyl (C=O) groups is 1. The van der Waals surface area contributed by atoms with Crippen LogP contribution in [0.3, 0.4) is 0 Å². The summed E-state index contributed by atoms with van der Waals surface area (Å²) in [5.41, 5.74) is 3.06. The number of thiazole rings is 1. The lowest BCUT2D eigenvalue weighted by Crippen LogP contribution is -2.27. The Kier molecular flexibility index (Phi) is 3.83. The zero-order valence-corrected chi connectivity index (χ0v) is 10.7. The Morgan fingerprint density at radius 1 is 1.42 bits per heavy atom. The minimum Gasteiger partial charge on any atom is -0.508 e. The first-order valence-electron chi connectivity index (χ1n) is 5.18. The molecule has 1 heterocycles. The van der Waals surface area contributed by atoms with Crippen molar-refractivity contribution in [1.82, 2.24) is 10.5 Å². The predicted molar refractivity (Wildman–Crippen MR) is 70.0 cm³/mol. The van der Waals surface area contributed by atoms with Crippen molar-refractivity contribution in [3.05, 3.63) is 23.6 Å². The number of amides is 2. The van der Waals surface area contributed by atoms with Gasteiger partial charge in [0.05, 0.1) is 12.8 Å². The van der Waals surface area contributed by atoms with E-state index in [1.165, 1.54) is 30.6 Å². The molecule has 2 rings (SSSR count). The molecule has 0 atom stereocenters. The lowest BCUT2D eigenvalue weighted by atomic mass is 10.1. The van der Waals surface area contributed by atoms with Crippen molar-refractivity contribution < 1.29 is 19.8 Å². The zero-order valence-electron chi connectivity index (χ0n) is 9.88. The van der Waals surface area contributed by atoms with Crippen LogP contribution < -0.4 is 10.8 Å². The Bertz CT molecular complexity index is 599. The SMILES string of the molecule is CONC(=O)Nc1nc(-c2ccc(O)cc2O)cs1. The van der Waals surface area contributed by atoms with Gasteiger partial charge in [0.2, 0.25) is 0 Å². The fourth-order valence-electron chi connectivity index (χ4n) is 1.41. The summed E-state index contributed by atoms with van der Waals surface area (Å²) < 4.78 is 0. The molecule has 0 spiro atoms. The largest absolute Gasteiger partial charge is 0.508 e. The van der Waals surface area contributed by atoms with Crippen LogP contribution in [0.1, 0.15) is 0 Å². The summed E-state index contributed by atoms with van der Waals surface area (Å²) in [6.07, 6.45) is 0.